The lowest BCUT2D eigenvalue weighted by Gasteiger charge is -2.12. The van der Waals surface area contributed by atoms with Gasteiger partial charge in [0.25, 0.3) is 0 Å². The van der Waals surface area contributed by atoms with E-state index in [1.807, 2.05) is 6.92 Å². The molecule has 0 aromatic rings. The molecular formula is C7H13FO2S. The van der Waals surface area contributed by atoms with Crippen LogP contribution in [-0.2, 0) is 10.2 Å². The van der Waals surface area contributed by atoms with E-state index >= 15 is 0 Å². The number of rotatable bonds is 2. The molecule has 0 amide bonds. The number of hydrogen-bond acceptors (Lipinski definition) is 2. The topological polar surface area (TPSA) is 34.1 Å². The molecule has 2 nitrogen and oxygen atoms in total. The molecule has 0 spiro atoms. The van der Waals surface area contributed by atoms with Gasteiger partial charge in [0.1, 0.15) is 0 Å². The summed E-state index contributed by atoms with van der Waals surface area (Å²) in [5, 5.41) is -0.701. The molecule has 0 aromatic heterocycles. The minimum atomic E-state index is -4.26. The molecule has 0 N–H and O–H groups in total. The molecule has 1 saturated carbocycles. The van der Waals surface area contributed by atoms with Crippen molar-refractivity contribution in [2.45, 2.75) is 37.9 Å². The van der Waals surface area contributed by atoms with E-state index in [1.54, 1.807) is 0 Å². The average Bonchev–Trinajstić information content (AvgIpc) is 2.31. The summed E-state index contributed by atoms with van der Waals surface area (Å²) < 4.78 is 33.6. The second-order valence-electron chi connectivity index (χ2n) is 3.11. The molecular weight excluding hydrogens is 167 g/mol. The summed E-state index contributed by atoms with van der Waals surface area (Å²) in [5.41, 5.74) is 0. The smallest absolute Gasteiger partial charge is 0.195 e. The lowest BCUT2D eigenvalue weighted by atomic mass is 10.1. The van der Waals surface area contributed by atoms with E-state index in [-0.39, 0.29) is 5.92 Å². The minimum Gasteiger partial charge on any atom is -0.195 e. The van der Waals surface area contributed by atoms with Crippen LogP contribution in [0.25, 0.3) is 0 Å². The lowest BCUT2D eigenvalue weighted by molar-refractivity contribution is 0.479. The zero-order valence-corrected chi connectivity index (χ0v) is 7.40. The second-order valence-corrected chi connectivity index (χ2v) is 4.67. The Morgan fingerprint density at radius 3 is 2.45 bits per heavy atom. The first-order valence-electron chi connectivity index (χ1n) is 3.99. The lowest BCUT2D eigenvalue weighted by Crippen LogP contribution is -2.20. The summed E-state index contributed by atoms with van der Waals surface area (Å²) in [4.78, 5) is 0. The third-order valence-corrected chi connectivity index (χ3v) is 3.82. The van der Waals surface area contributed by atoms with E-state index in [9.17, 15) is 12.3 Å². The molecule has 0 aliphatic heterocycles. The maximum Gasteiger partial charge on any atom is 0.305 e. The summed E-state index contributed by atoms with van der Waals surface area (Å²) in [6, 6.07) is 0. The van der Waals surface area contributed by atoms with Gasteiger partial charge in [0.15, 0.2) is 0 Å². The quantitative estimate of drug-likeness (QED) is 0.608. The van der Waals surface area contributed by atoms with Gasteiger partial charge in [0.2, 0.25) is 0 Å². The van der Waals surface area contributed by atoms with Crippen LogP contribution in [-0.4, -0.2) is 13.7 Å². The van der Waals surface area contributed by atoms with Crippen molar-refractivity contribution < 1.29 is 12.3 Å². The summed E-state index contributed by atoms with van der Waals surface area (Å²) in [6.07, 6.45) is 3.00. The summed E-state index contributed by atoms with van der Waals surface area (Å²) in [7, 11) is -4.26. The predicted molar refractivity (Wildman–Crippen MR) is 41.4 cm³/mol. The number of hydrogen-bond donors (Lipinski definition) is 0. The zero-order chi connectivity index (χ0) is 8.48. The molecule has 1 aliphatic carbocycles. The van der Waals surface area contributed by atoms with Crippen LogP contribution in [0.1, 0.15) is 32.6 Å². The van der Waals surface area contributed by atoms with Gasteiger partial charge in [-0.25, -0.2) is 0 Å². The molecule has 1 rings (SSSR count). The Kier molecular flexibility index (Phi) is 2.52. The van der Waals surface area contributed by atoms with Gasteiger partial charge in [-0.3, -0.25) is 0 Å². The first-order chi connectivity index (χ1) is 5.05. The van der Waals surface area contributed by atoms with E-state index in [0.29, 0.717) is 6.42 Å². The highest BCUT2D eigenvalue weighted by molar-refractivity contribution is 7.87. The van der Waals surface area contributed by atoms with Gasteiger partial charge in [-0.2, -0.15) is 8.42 Å². The normalized spacial score (nSPS) is 32.5. The Morgan fingerprint density at radius 1 is 1.45 bits per heavy atom. The Balaban J connectivity index is 2.72. The van der Waals surface area contributed by atoms with Crippen LogP contribution in [0.4, 0.5) is 3.89 Å². The summed E-state index contributed by atoms with van der Waals surface area (Å²) in [5.74, 6) is 0.0602. The molecule has 1 fully saturated rings. The largest absolute Gasteiger partial charge is 0.305 e. The molecule has 4 heteroatoms. The predicted octanol–water partition coefficient (Wildman–Crippen LogP) is 1.86. The highest BCUT2D eigenvalue weighted by atomic mass is 32.3. The highest BCUT2D eigenvalue weighted by Crippen LogP contribution is 2.33. The van der Waals surface area contributed by atoms with Crippen LogP contribution in [0, 0.1) is 5.92 Å². The van der Waals surface area contributed by atoms with E-state index in [4.69, 9.17) is 0 Å². The average molecular weight is 180 g/mol. The molecule has 2 atom stereocenters. The van der Waals surface area contributed by atoms with Gasteiger partial charge in [-0.05, 0) is 18.8 Å². The van der Waals surface area contributed by atoms with Gasteiger partial charge < -0.3 is 0 Å². The van der Waals surface area contributed by atoms with Crippen molar-refractivity contribution in [1.82, 2.24) is 0 Å². The van der Waals surface area contributed by atoms with Crippen LogP contribution in [0.2, 0.25) is 0 Å². The van der Waals surface area contributed by atoms with E-state index in [0.717, 1.165) is 19.3 Å². The molecule has 0 saturated heterocycles. The van der Waals surface area contributed by atoms with Crippen molar-refractivity contribution in [1.29, 1.82) is 0 Å². The third kappa shape index (κ3) is 1.92. The van der Waals surface area contributed by atoms with Gasteiger partial charge in [-0.1, -0.05) is 19.8 Å². The first-order valence-corrected chi connectivity index (χ1v) is 5.44. The Hall–Kier alpha value is -0.120. The number of halogens is 1. The van der Waals surface area contributed by atoms with Gasteiger partial charge >= 0.3 is 10.2 Å². The maximum absolute atomic E-state index is 12.5. The standard InChI is InChI=1S/C7H13FO2S/c1-2-6-4-3-5-7(6)11(8,9)10/h6-7H,2-5H2,1H3. The first kappa shape index (κ1) is 8.97. The molecule has 0 aromatic carbocycles. The van der Waals surface area contributed by atoms with E-state index in [1.165, 1.54) is 0 Å². The van der Waals surface area contributed by atoms with Gasteiger partial charge in [0.05, 0.1) is 5.25 Å². The van der Waals surface area contributed by atoms with E-state index in [2.05, 4.69) is 0 Å². The molecule has 0 bridgehead atoms. The van der Waals surface area contributed by atoms with Gasteiger partial charge in [0, 0.05) is 0 Å². The molecule has 1 aliphatic rings. The third-order valence-electron chi connectivity index (χ3n) is 2.48. The Morgan fingerprint density at radius 2 is 2.09 bits per heavy atom. The van der Waals surface area contributed by atoms with Crippen LogP contribution in [0.5, 0.6) is 0 Å². The second kappa shape index (κ2) is 3.09. The van der Waals surface area contributed by atoms with Crippen LogP contribution in [0.15, 0.2) is 0 Å². The van der Waals surface area contributed by atoms with Crippen molar-refractivity contribution in [2.24, 2.45) is 5.92 Å². The van der Waals surface area contributed by atoms with Crippen molar-refractivity contribution in [3.63, 3.8) is 0 Å². The van der Waals surface area contributed by atoms with Crippen LogP contribution < -0.4 is 0 Å². The van der Waals surface area contributed by atoms with Crippen molar-refractivity contribution >= 4 is 10.2 Å². The van der Waals surface area contributed by atoms with Crippen molar-refractivity contribution in [3.05, 3.63) is 0 Å². The molecule has 0 heterocycles. The molecule has 0 radical (unpaired) electrons. The fraction of sp³-hybridized carbons (Fsp3) is 1.00. The van der Waals surface area contributed by atoms with Gasteiger partial charge in [-0.15, -0.1) is 3.89 Å². The SMILES string of the molecule is CCC1CCCC1S(=O)(=O)F. The fourth-order valence-electron chi connectivity index (χ4n) is 1.84. The zero-order valence-electron chi connectivity index (χ0n) is 6.59. The Bertz CT molecular complexity index is 223. The molecule has 11 heavy (non-hydrogen) atoms. The molecule has 66 valence electrons. The fourth-order valence-corrected chi connectivity index (χ4v) is 3.08. The molecule has 2 unspecified atom stereocenters. The van der Waals surface area contributed by atoms with Crippen LogP contribution in [0.3, 0.4) is 0 Å². The monoisotopic (exact) mass is 180 g/mol. The minimum absolute atomic E-state index is 0.0602. The van der Waals surface area contributed by atoms with Crippen molar-refractivity contribution in [2.75, 3.05) is 0 Å². The van der Waals surface area contributed by atoms with Crippen molar-refractivity contribution in [3.8, 4) is 0 Å². The highest BCUT2D eigenvalue weighted by Gasteiger charge is 2.36. The van der Waals surface area contributed by atoms with E-state index < -0.39 is 15.5 Å². The van der Waals surface area contributed by atoms with Crippen LogP contribution >= 0.6 is 0 Å². The summed E-state index contributed by atoms with van der Waals surface area (Å²) in [6.45, 7) is 1.91. The summed E-state index contributed by atoms with van der Waals surface area (Å²) >= 11 is 0. The Labute approximate surface area is 67.0 Å². The maximum atomic E-state index is 12.5.